The molecule has 3 rings (SSSR count). The second-order valence-corrected chi connectivity index (χ2v) is 8.25. The second kappa shape index (κ2) is 11.0. The molecule has 8 nitrogen and oxygen atoms in total. The third kappa shape index (κ3) is 6.35. The molecule has 9 heteroatoms. The summed E-state index contributed by atoms with van der Waals surface area (Å²) in [5, 5.41) is 20.2. The molecule has 5 N–H and O–H groups in total. The van der Waals surface area contributed by atoms with Gasteiger partial charge < -0.3 is 30.5 Å². The maximum absolute atomic E-state index is 15.5. The molecular weight excluding hydrogens is 427 g/mol. The Morgan fingerprint density at radius 2 is 2.06 bits per heavy atom. The first-order valence-electron chi connectivity index (χ1n) is 11.0. The second-order valence-electron chi connectivity index (χ2n) is 8.25. The molecule has 1 saturated heterocycles. The molecule has 1 fully saturated rings. The molecule has 0 radical (unpaired) electrons. The summed E-state index contributed by atoms with van der Waals surface area (Å²) in [6, 6.07) is 7.84. The topological polar surface area (TPSA) is 121 Å². The first kappa shape index (κ1) is 24.3. The van der Waals surface area contributed by atoms with E-state index >= 15 is 4.39 Å². The molecule has 0 spiro atoms. The van der Waals surface area contributed by atoms with Crippen molar-refractivity contribution in [2.24, 2.45) is 11.7 Å². The molecule has 0 amide bonds. The fourth-order valence-electron chi connectivity index (χ4n) is 3.96. The highest BCUT2D eigenvalue weighted by atomic mass is 19.1. The molecule has 33 heavy (non-hydrogen) atoms. The normalized spacial score (nSPS) is 17.2. The van der Waals surface area contributed by atoms with E-state index < -0.39 is 17.8 Å². The number of nitrogens with one attached hydrogen (secondary N) is 2. The van der Waals surface area contributed by atoms with E-state index in [1.807, 2.05) is 7.05 Å². The molecule has 2 atom stereocenters. The molecule has 178 valence electrons. The number of rotatable bonds is 10. The highest BCUT2D eigenvalue weighted by Crippen LogP contribution is 2.34. The Morgan fingerprint density at radius 3 is 2.67 bits per heavy atom. The molecule has 2 aromatic carbocycles. The number of benzene rings is 2. The van der Waals surface area contributed by atoms with Gasteiger partial charge in [-0.1, -0.05) is 0 Å². The van der Waals surface area contributed by atoms with Gasteiger partial charge in [0.1, 0.15) is 11.6 Å². The molecule has 1 aliphatic rings. The van der Waals surface area contributed by atoms with Gasteiger partial charge in [0.25, 0.3) is 0 Å². The SMILES string of the molecule is CCOc1cc(OC[C@H]2CCCN(C)C2)c(F)c(C(Nc2ccc(C(=N)N)cc2)C(=O)O)c1. The Hall–Kier alpha value is -3.33. The molecule has 0 aromatic heterocycles. The number of halogens is 1. The standard InChI is InChI=1S/C24H31FN4O4/c1-3-32-18-11-19(21(25)20(12-18)33-14-15-5-4-10-29(2)13-15)22(24(30)31)28-17-8-6-16(7-9-17)23(26)27/h6-9,11-12,15,22,28H,3-5,10,13-14H2,1-2H3,(H3,26,27)(H,30,31)/t15-,22?/m0/s1. The maximum atomic E-state index is 15.5. The highest BCUT2D eigenvalue weighted by molar-refractivity contribution is 5.95. The Bertz CT molecular complexity index is 983. The van der Waals surface area contributed by atoms with E-state index in [1.54, 1.807) is 31.2 Å². The summed E-state index contributed by atoms with van der Waals surface area (Å²) in [5.74, 6) is -1.50. The van der Waals surface area contributed by atoms with Crippen molar-refractivity contribution in [3.8, 4) is 11.5 Å². The number of piperidine rings is 1. The predicted molar refractivity (Wildman–Crippen MR) is 125 cm³/mol. The fourth-order valence-corrected chi connectivity index (χ4v) is 3.96. The highest BCUT2D eigenvalue weighted by Gasteiger charge is 2.27. The predicted octanol–water partition coefficient (Wildman–Crippen LogP) is 3.47. The molecule has 0 aliphatic carbocycles. The van der Waals surface area contributed by atoms with Crippen molar-refractivity contribution in [2.45, 2.75) is 25.8 Å². The third-order valence-electron chi connectivity index (χ3n) is 5.61. The fraction of sp³-hybridized carbons (Fsp3) is 0.417. The number of carboxylic acid groups (broad SMARTS) is 1. The summed E-state index contributed by atoms with van der Waals surface area (Å²) < 4.78 is 26.9. The lowest BCUT2D eigenvalue weighted by Gasteiger charge is -2.29. The minimum atomic E-state index is -1.38. The van der Waals surface area contributed by atoms with Crippen molar-refractivity contribution in [1.29, 1.82) is 5.41 Å². The largest absolute Gasteiger partial charge is 0.494 e. The Balaban J connectivity index is 1.87. The van der Waals surface area contributed by atoms with Crippen LogP contribution in [0.2, 0.25) is 0 Å². The summed E-state index contributed by atoms with van der Waals surface area (Å²) >= 11 is 0. The molecule has 1 unspecified atom stereocenters. The molecule has 1 heterocycles. The van der Waals surface area contributed by atoms with Crippen LogP contribution in [0.4, 0.5) is 10.1 Å². The van der Waals surface area contributed by atoms with Gasteiger partial charge in [-0.2, -0.15) is 0 Å². The van der Waals surface area contributed by atoms with E-state index in [4.69, 9.17) is 20.6 Å². The number of amidine groups is 1. The molecule has 0 bridgehead atoms. The van der Waals surface area contributed by atoms with Crippen LogP contribution in [0, 0.1) is 17.1 Å². The Labute approximate surface area is 193 Å². The average molecular weight is 459 g/mol. The number of ether oxygens (including phenoxy) is 2. The van der Waals surface area contributed by atoms with Gasteiger partial charge in [-0.15, -0.1) is 0 Å². The van der Waals surface area contributed by atoms with Crippen LogP contribution in [0.3, 0.4) is 0 Å². The van der Waals surface area contributed by atoms with Crippen LogP contribution in [-0.2, 0) is 4.79 Å². The van der Waals surface area contributed by atoms with Crippen molar-refractivity contribution in [3.63, 3.8) is 0 Å². The maximum Gasteiger partial charge on any atom is 0.330 e. The lowest BCUT2D eigenvalue weighted by Crippen LogP contribution is -2.34. The number of likely N-dealkylation sites (tertiary alicyclic amines) is 1. The number of carbonyl (C=O) groups is 1. The summed E-state index contributed by atoms with van der Waals surface area (Å²) in [6.07, 6.45) is 2.06. The number of anilines is 1. The van der Waals surface area contributed by atoms with Crippen LogP contribution >= 0.6 is 0 Å². The van der Waals surface area contributed by atoms with Crippen molar-refractivity contribution in [1.82, 2.24) is 4.90 Å². The lowest BCUT2D eigenvalue weighted by molar-refractivity contribution is -0.138. The molecule has 1 aliphatic heterocycles. The van der Waals surface area contributed by atoms with Gasteiger partial charge in [0.2, 0.25) is 0 Å². The smallest absolute Gasteiger partial charge is 0.330 e. The van der Waals surface area contributed by atoms with Crippen LogP contribution in [0.15, 0.2) is 36.4 Å². The summed E-state index contributed by atoms with van der Waals surface area (Å²) in [6.45, 7) is 4.39. The minimum absolute atomic E-state index is 0.0239. The van der Waals surface area contributed by atoms with Gasteiger partial charge in [-0.25, -0.2) is 9.18 Å². The van der Waals surface area contributed by atoms with Gasteiger partial charge in [-0.3, -0.25) is 5.41 Å². The van der Waals surface area contributed by atoms with Crippen molar-refractivity contribution in [2.75, 3.05) is 38.7 Å². The monoisotopic (exact) mass is 458 g/mol. The quantitative estimate of drug-likeness (QED) is 0.318. The number of carboxylic acids is 1. The van der Waals surface area contributed by atoms with Crippen molar-refractivity contribution >= 4 is 17.5 Å². The lowest BCUT2D eigenvalue weighted by atomic mass is 9.99. The van der Waals surface area contributed by atoms with E-state index in [-0.39, 0.29) is 23.1 Å². The van der Waals surface area contributed by atoms with Crippen LogP contribution in [0.25, 0.3) is 0 Å². The summed E-state index contributed by atoms with van der Waals surface area (Å²) in [4.78, 5) is 14.3. The Morgan fingerprint density at radius 1 is 1.33 bits per heavy atom. The first-order chi connectivity index (χ1) is 15.8. The van der Waals surface area contributed by atoms with Crippen LogP contribution in [0.5, 0.6) is 11.5 Å². The number of hydrogen-bond acceptors (Lipinski definition) is 6. The number of nitrogens with zero attached hydrogens (tertiary/aromatic N) is 1. The first-order valence-corrected chi connectivity index (χ1v) is 11.0. The number of nitrogen functional groups attached to an aromatic ring is 1. The van der Waals surface area contributed by atoms with Crippen molar-refractivity contribution < 1.29 is 23.8 Å². The summed E-state index contributed by atoms with van der Waals surface area (Å²) in [5.41, 5.74) is 6.33. The minimum Gasteiger partial charge on any atom is -0.494 e. The van der Waals surface area contributed by atoms with E-state index in [1.165, 1.54) is 12.1 Å². The number of aliphatic carboxylic acids is 1. The molecule has 2 aromatic rings. The Kier molecular flexibility index (Phi) is 8.11. The zero-order valence-corrected chi connectivity index (χ0v) is 18.9. The van der Waals surface area contributed by atoms with Gasteiger partial charge in [0.15, 0.2) is 17.6 Å². The summed E-state index contributed by atoms with van der Waals surface area (Å²) in [7, 11) is 2.05. The van der Waals surface area contributed by atoms with Crippen LogP contribution in [-0.4, -0.2) is 55.2 Å². The van der Waals surface area contributed by atoms with Crippen molar-refractivity contribution in [3.05, 3.63) is 53.3 Å². The average Bonchev–Trinajstić information content (AvgIpc) is 2.78. The van der Waals surface area contributed by atoms with Gasteiger partial charge in [0.05, 0.1) is 13.2 Å². The third-order valence-corrected chi connectivity index (χ3v) is 5.61. The van der Waals surface area contributed by atoms with Crippen LogP contribution < -0.4 is 20.5 Å². The van der Waals surface area contributed by atoms with Gasteiger partial charge in [0, 0.05) is 35.3 Å². The van der Waals surface area contributed by atoms with E-state index in [9.17, 15) is 9.90 Å². The van der Waals surface area contributed by atoms with E-state index in [0.29, 0.717) is 30.2 Å². The molecular formula is C24H31FN4O4. The van der Waals surface area contributed by atoms with Gasteiger partial charge >= 0.3 is 5.97 Å². The van der Waals surface area contributed by atoms with E-state index in [2.05, 4.69) is 10.2 Å². The molecule has 0 saturated carbocycles. The number of hydrogen-bond donors (Lipinski definition) is 4. The number of nitrogens with two attached hydrogens (primary N) is 1. The zero-order chi connectivity index (χ0) is 24.0. The van der Waals surface area contributed by atoms with E-state index in [0.717, 1.165) is 25.9 Å². The van der Waals surface area contributed by atoms with Crippen LogP contribution in [0.1, 0.15) is 36.9 Å². The van der Waals surface area contributed by atoms with Gasteiger partial charge in [-0.05, 0) is 63.7 Å². The zero-order valence-electron chi connectivity index (χ0n) is 18.9.